The topological polar surface area (TPSA) is 51.2 Å². The number of rotatable bonds is 5. The van der Waals surface area contributed by atoms with Crippen LogP contribution in [0.15, 0.2) is 47.8 Å². The summed E-state index contributed by atoms with van der Waals surface area (Å²) in [6, 6.07) is 13.8. The summed E-state index contributed by atoms with van der Waals surface area (Å²) in [4.78, 5) is 17.0. The Balaban J connectivity index is 1.71. The number of para-hydroxylation sites is 1. The van der Waals surface area contributed by atoms with Gasteiger partial charge in [-0.1, -0.05) is 30.3 Å². The van der Waals surface area contributed by atoms with Gasteiger partial charge >= 0.3 is 0 Å². The van der Waals surface area contributed by atoms with Gasteiger partial charge in [-0.25, -0.2) is 4.98 Å². The van der Waals surface area contributed by atoms with E-state index in [1.54, 1.807) is 7.11 Å². The molecule has 0 aliphatic heterocycles. The first kappa shape index (κ1) is 17.2. The highest BCUT2D eigenvalue weighted by Crippen LogP contribution is 2.22. The summed E-state index contributed by atoms with van der Waals surface area (Å²) in [5, 5.41) is 5.70. The Bertz CT molecular complexity index is 865. The summed E-state index contributed by atoms with van der Waals surface area (Å²) < 4.78 is 5.16. The Labute approximate surface area is 151 Å². The number of thiazole rings is 1. The molecule has 0 aliphatic carbocycles. The smallest absolute Gasteiger partial charge is 0.275 e. The van der Waals surface area contributed by atoms with Crippen molar-refractivity contribution >= 4 is 22.9 Å². The van der Waals surface area contributed by atoms with Crippen LogP contribution in [-0.2, 0) is 6.42 Å². The van der Waals surface area contributed by atoms with Gasteiger partial charge in [0.05, 0.1) is 12.1 Å². The lowest BCUT2D eigenvalue weighted by Crippen LogP contribution is -2.14. The molecular weight excluding hydrogens is 332 g/mol. The summed E-state index contributed by atoms with van der Waals surface area (Å²) in [7, 11) is 1.65. The number of hydrogen-bond acceptors (Lipinski definition) is 4. The Kier molecular flexibility index (Phi) is 5.14. The Hall–Kier alpha value is -2.66. The number of carbonyl (C=O) groups excluding carboxylic acids is 1. The average Bonchev–Trinajstić information content (AvgIpc) is 3.07. The lowest BCUT2D eigenvalue weighted by atomic mass is 10.1. The van der Waals surface area contributed by atoms with Gasteiger partial charge in [0.1, 0.15) is 11.4 Å². The number of methoxy groups -OCH3 is 1. The molecule has 1 N–H and O–H groups in total. The third kappa shape index (κ3) is 4.06. The van der Waals surface area contributed by atoms with Crippen molar-refractivity contribution in [3.05, 3.63) is 75.2 Å². The maximum atomic E-state index is 12.5. The average molecular weight is 352 g/mol. The molecule has 0 spiro atoms. The first-order valence-electron chi connectivity index (χ1n) is 8.01. The molecule has 1 heterocycles. The highest BCUT2D eigenvalue weighted by molar-refractivity contribution is 7.09. The summed E-state index contributed by atoms with van der Waals surface area (Å²) in [5.41, 5.74) is 4.54. The van der Waals surface area contributed by atoms with Crippen LogP contribution in [0.1, 0.15) is 32.2 Å². The Morgan fingerprint density at radius 3 is 2.44 bits per heavy atom. The molecule has 0 radical (unpaired) electrons. The van der Waals surface area contributed by atoms with Gasteiger partial charge in [0.15, 0.2) is 0 Å². The van der Waals surface area contributed by atoms with Gasteiger partial charge in [-0.05, 0) is 42.7 Å². The highest BCUT2D eigenvalue weighted by atomic mass is 32.1. The Morgan fingerprint density at radius 2 is 1.80 bits per heavy atom. The van der Waals surface area contributed by atoms with E-state index >= 15 is 0 Å². The van der Waals surface area contributed by atoms with E-state index in [1.165, 1.54) is 11.3 Å². The number of hydrogen-bond donors (Lipinski definition) is 1. The largest absolute Gasteiger partial charge is 0.497 e. The first-order chi connectivity index (χ1) is 12.1. The molecule has 2 aromatic carbocycles. The summed E-state index contributed by atoms with van der Waals surface area (Å²) in [6.07, 6.45) is 0.700. The normalized spacial score (nSPS) is 10.5. The molecule has 128 valence electrons. The van der Waals surface area contributed by atoms with E-state index in [9.17, 15) is 4.79 Å². The van der Waals surface area contributed by atoms with E-state index in [2.05, 4.69) is 10.3 Å². The minimum Gasteiger partial charge on any atom is -0.497 e. The van der Waals surface area contributed by atoms with Crippen LogP contribution in [0, 0.1) is 13.8 Å². The summed E-state index contributed by atoms with van der Waals surface area (Å²) in [6.45, 7) is 3.97. The second kappa shape index (κ2) is 7.49. The summed E-state index contributed by atoms with van der Waals surface area (Å²) >= 11 is 1.50. The van der Waals surface area contributed by atoms with E-state index < -0.39 is 0 Å². The molecule has 1 amide bonds. The first-order valence-corrected chi connectivity index (χ1v) is 8.89. The molecule has 1 aromatic heterocycles. The van der Waals surface area contributed by atoms with Gasteiger partial charge in [-0.2, -0.15) is 0 Å². The van der Waals surface area contributed by atoms with Gasteiger partial charge < -0.3 is 10.1 Å². The van der Waals surface area contributed by atoms with Crippen LogP contribution in [0.4, 0.5) is 5.69 Å². The quantitative estimate of drug-likeness (QED) is 0.729. The van der Waals surface area contributed by atoms with Crippen molar-refractivity contribution in [1.82, 2.24) is 4.98 Å². The van der Waals surface area contributed by atoms with Crippen molar-refractivity contribution in [2.45, 2.75) is 20.3 Å². The third-order valence-electron chi connectivity index (χ3n) is 4.02. The predicted molar refractivity (Wildman–Crippen MR) is 102 cm³/mol. The lowest BCUT2D eigenvalue weighted by Gasteiger charge is -2.10. The summed E-state index contributed by atoms with van der Waals surface area (Å²) in [5.74, 6) is 0.659. The van der Waals surface area contributed by atoms with Crippen LogP contribution in [-0.4, -0.2) is 18.0 Å². The third-order valence-corrected chi connectivity index (χ3v) is 4.87. The van der Waals surface area contributed by atoms with E-state index in [4.69, 9.17) is 4.74 Å². The fraction of sp³-hybridized carbons (Fsp3) is 0.200. The maximum absolute atomic E-state index is 12.5. The number of aromatic nitrogens is 1. The molecule has 25 heavy (non-hydrogen) atoms. The molecule has 0 unspecified atom stereocenters. The minimum atomic E-state index is -0.172. The molecule has 3 rings (SSSR count). The number of amides is 1. The number of aryl methyl sites for hydroxylation is 2. The maximum Gasteiger partial charge on any atom is 0.275 e. The van der Waals surface area contributed by atoms with Crippen molar-refractivity contribution in [3.8, 4) is 5.75 Å². The molecule has 0 fully saturated rings. The highest BCUT2D eigenvalue weighted by Gasteiger charge is 2.13. The zero-order valence-electron chi connectivity index (χ0n) is 14.5. The van der Waals surface area contributed by atoms with E-state index in [0.29, 0.717) is 12.1 Å². The van der Waals surface area contributed by atoms with Crippen molar-refractivity contribution in [1.29, 1.82) is 0 Å². The fourth-order valence-electron chi connectivity index (χ4n) is 2.60. The zero-order valence-corrected chi connectivity index (χ0v) is 15.3. The van der Waals surface area contributed by atoms with Crippen molar-refractivity contribution in [2.24, 2.45) is 0 Å². The number of anilines is 1. The molecule has 0 atom stereocenters. The van der Waals surface area contributed by atoms with Gasteiger partial charge in [0, 0.05) is 17.5 Å². The monoisotopic (exact) mass is 352 g/mol. The van der Waals surface area contributed by atoms with Crippen LogP contribution in [0.3, 0.4) is 0 Å². The van der Waals surface area contributed by atoms with Crippen molar-refractivity contribution in [2.75, 3.05) is 12.4 Å². The molecule has 0 saturated heterocycles. The van der Waals surface area contributed by atoms with Crippen LogP contribution in [0.5, 0.6) is 5.75 Å². The second-order valence-electron chi connectivity index (χ2n) is 5.87. The minimum absolute atomic E-state index is 0.172. The lowest BCUT2D eigenvalue weighted by molar-refractivity contribution is 0.102. The molecule has 5 heteroatoms. The van der Waals surface area contributed by atoms with Crippen molar-refractivity contribution in [3.63, 3.8) is 0 Å². The molecule has 0 saturated carbocycles. The molecule has 4 nitrogen and oxygen atoms in total. The van der Waals surface area contributed by atoms with Gasteiger partial charge in [-0.3, -0.25) is 4.79 Å². The number of benzene rings is 2. The van der Waals surface area contributed by atoms with Crippen LogP contribution in [0.25, 0.3) is 0 Å². The molecule has 0 aliphatic rings. The molecular formula is C20H20N2O2S. The van der Waals surface area contributed by atoms with Crippen molar-refractivity contribution < 1.29 is 9.53 Å². The SMILES string of the molecule is COc1ccc(Cc2nc(C(=O)Nc3c(C)cccc3C)cs2)cc1. The van der Waals surface area contributed by atoms with Gasteiger partial charge in [-0.15, -0.1) is 11.3 Å². The van der Waals surface area contributed by atoms with E-state index in [-0.39, 0.29) is 5.91 Å². The Morgan fingerprint density at radius 1 is 1.12 bits per heavy atom. The standard InChI is InChI=1S/C20H20N2O2S/c1-13-5-4-6-14(2)19(13)22-20(23)17-12-25-18(21-17)11-15-7-9-16(24-3)10-8-15/h4-10,12H,11H2,1-3H3,(H,22,23). The molecule has 3 aromatic rings. The predicted octanol–water partition coefficient (Wildman–Crippen LogP) is 4.61. The van der Waals surface area contributed by atoms with Crippen LogP contribution >= 0.6 is 11.3 Å². The number of nitrogens with one attached hydrogen (secondary N) is 1. The van der Waals surface area contributed by atoms with Gasteiger partial charge in [0.2, 0.25) is 0 Å². The zero-order chi connectivity index (χ0) is 17.8. The van der Waals surface area contributed by atoms with Crippen LogP contribution in [0.2, 0.25) is 0 Å². The number of ether oxygens (including phenoxy) is 1. The number of carbonyl (C=O) groups is 1. The van der Waals surface area contributed by atoms with Gasteiger partial charge in [0.25, 0.3) is 5.91 Å². The van der Waals surface area contributed by atoms with Crippen LogP contribution < -0.4 is 10.1 Å². The van der Waals surface area contributed by atoms with E-state index in [1.807, 2.05) is 61.7 Å². The number of nitrogens with zero attached hydrogens (tertiary/aromatic N) is 1. The second-order valence-corrected chi connectivity index (χ2v) is 6.81. The van der Waals surface area contributed by atoms with E-state index in [0.717, 1.165) is 33.1 Å². The molecule has 0 bridgehead atoms. The fourth-order valence-corrected chi connectivity index (χ4v) is 3.41.